The smallest absolute Gasteiger partial charge is 0.305 e. The summed E-state index contributed by atoms with van der Waals surface area (Å²) >= 11 is 0. The zero-order valence-corrected chi connectivity index (χ0v) is 21.5. The average Bonchev–Trinajstić information content (AvgIpc) is 2.95. The van der Waals surface area contributed by atoms with Gasteiger partial charge in [0.15, 0.2) is 0 Å². The lowest BCUT2D eigenvalue weighted by atomic mass is 9.93. The van der Waals surface area contributed by atoms with Crippen LogP contribution in [0.4, 0.5) is 0 Å². The van der Waals surface area contributed by atoms with Crippen molar-refractivity contribution in [1.29, 1.82) is 0 Å². The van der Waals surface area contributed by atoms with E-state index in [0.717, 1.165) is 27.8 Å². The number of aliphatic carboxylic acids is 1. The molecule has 0 bridgehead atoms. The van der Waals surface area contributed by atoms with E-state index in [4.69, 9.17) is 9.47 Å². The maximum atomic E-state index is 12.2. The second-order valence-electron chi connectivity index (χ2n) is 9.02. The fourth-order valence-corrected chi connectivity index (χ4v) is 4.86. The van der Waals surface area contributed by atoms with E-state index in [1.165, 1.54) is 0 Å². The Hall–Kier alpha value is -4.09. The Kier molecular flexibility index (Phi) is 8.60. The molecule has 0 aromatic heterocycles. The lowest BCUT2D eigenvalue weighted by molar-refractivity contribution is -0.138. The Labute approximate surface area is 218 Å². The minimum Gasteiger partial charge on any atom is -0.496 e. The van der Waals surface area contributed by atoms with E-state index in [2.05, 4.69) is 42.2 Å². The summed E-state index contributed by atoms with van der Waals surface area (Å²) in [5.41, 5.74) is 4.94. The molecule has 4 rings (SSSR count). The molecule has 5 heteroatoms. The van der Waals surface area contributed by atoms with E-state index < -0.39 is 5.97 Å². The molecule has 4 aromatic carbocycles. The molecule has 0 aliphatic carbocycles. The highest BCUT2D eigenvalue weighted by Gasteiger charge is 2.29. The molecular formula is C32H33NO4. The molecule has 1 N–H and O–H groups in total. The third-order valence-electron chi connectivity index (χ3n) is 6.74. The number of methoxy groups -OCH3 is 2. The third-order valence-corrected chi connectivity index (χ3v) is 6.74. The first-order valence-electron chi connectivity index (χ1n) is 12.4. The van der Waals surface area contributed by atoms with Crippen LogP contribution < -0.4 is 9.47 Å². The first-order valence-corrected chi connectivity index (χ1v) is 12.4. The molecule has 0 amide bonds. The fraction of sp³-hybridized carbons (Fsp3) is 0.219. The standard InChI is InChI=1S/C32H33NO4/c1-23(25-14-8-5-9-15-25)33(22-24-12-6-4-7-13-24)28(21-31(34)35)26-16-10-17-27(20-26)32-29(36-2)18-11-19-30(32)37-3/h4-20,23,28H,21-22H2,1-3H3,(H,34,35)/t23-,28?/m1/s1. The van der Waals surface area contributed by atoms with E-state index in [1.807, 2.05) is 72.8 Å². The van der Waals surface area contributed by atoms with Crippen LogP contribution in [0, 0.1) is 0 Å². The van der Waals surface area contributed by atoms with Crippen LogP contribution in [0.1, 0.15) is 42.1 Å². The second-order valence-corrected chi connectivity index (χ2v) is 9.02. The van der Waals surface area contributed by atoms with Crippen molar-refractivity contribution in [3.63, 3.8) is 0 Å². The number of carboxylic acids is 1. The minimum absolute atomic E-state index is 0.0183. The van der Waals surface area contributed by atoms with Gasteiger partial charge in [0.25, 0.3) is 0 Å². The number of hydrogen-bond donors (Lipinski definition) is 1. The average molecular weight is 496 g/mol. The van der Waals surface area contributed by atoms with Crippen LogP contribution in [0.3, 0.4) is 0 Å². The molecule has 2 atom stereocenters. The number of rotatable bonds is 11. The van der Waals surface area contributed by atoms with Gasteiger partial charge in [-0.25, -0.2) is 0 Å². The molecule has 0 fully saturated rings. The minimum atomic E-state index is -0.844. The van der Waals surface area contributed by atoms with Crippen molar-refractivity contribution in [2.75, 3.05) is 14.2 Å². The van der Waals surface area contributed by atoms with E-state index in [1.54, 1.807) is 14.2 Å². The van der Waals surface area contributed by atoms with Gasteiger partial charge in [-0.3, -0.25) is 9.69 Å². The maximum absolute atomic E-state index is 12.2. The summed E-state index contributed by atoms with van der Waals surface area (Å²) in [4.78, 5) is 14.5. The largest absolute Gasteiger partial charge is 0.496 e. The molecule has 0 saturated heterocycles. The Morgan fingerprint density at radius 1 is 0.784 bits per heavy atom. The Morgan fingerprint density at radius 3 is 1.95 bits per heavy atom. The Morgan fingerprint density at radius 2 is 1.35 bits per heavy atom. The summed E-state index contributed by atoms with van der Waals surface area (Å²) in [7, 11) is 3.27. The highest BCUT2D eigenvalue weighted by molar-refractivity contribution is 5.77. The predicted molar refractivity (Wildman–Crippen MR) is 147 cm³/mol. The monoisotopic (exact) mass is 495 g/mol. The Balaban J connectivity index is 1.83. The number of nitrogens with zero attached hydrogens (tertiary/aromatic N) is 1. The molecule has 0 aliphatic rings. The molecule has 5 nitrogen and oxygen atoms in total. The number of hydrogen-bond acceptors (Lipinski definition) is 4. The summed E-state index contributed by atoms with van der Waals surface area (Å²) in [6.45, 7) is 2.75. The van der Waals surface area contributed by atoms with E-state index >= 15 is 0 Å². The molecule has 4 aromatic rings. The van der Waals surface area contributed by atoms with E-state index in [9.17, 15) is 9.90 Å². The van der Waals surface area contributed by atoms with Crippen LogP contribution in [-0.4, -0.2) is 30.2 Å². The number of benzene rings is 4. The topological polar surface area (TPSA) is 59.0 Å². The van der Waals surface area contributed by atoms with Crippen molar-refractivity contribution in [2.24, 2.45) is 0 Å². The van der Waals surface area contributed by atoms with E-state index in [-0.39, 0.29) is 18.5 Å². The fourth-order valence-electron chi connectivity index (χ4n) is 4.86. The van der Waals surface area contributed by atoms with Gasteiger partial charge in [-0.2, -0.15) is 0 Å². The molecule has 0 heterocycles. The predicted octanol–water partition coefficient (Wildman–Crippen LogP) is 7.15. The molecule has 37 heavy (non-hydrogen) atoms. The quantitative estimate of drug-likeness (QED) is 0.239. The number of carboxylic acid groups (broad SMARTS) is 1. The molecular weight excluding hydrogens is 462 g/mol. The first-order chi connectivity index (χ1) is 18.0. The second kappa shape index (κ2) is 12.2. The van der Waals surface area contributed by atoms with Crippen molar-refractivity contribution in [2.45, 2.75) is 32.0 Å². The molecule has 1 unspecified atom stereocenters. The van der Waals surface area contributed by atoms with Crippen LogP contribution >= 0.6 is 0 Å². The summed E-state index contributed by atoms with van der Waals surface area (Å²) < 4.78 is 11.3. The van der Waals surface area contributed by atoms with Gasteiger partial charge in [0, 0.05) is 18.6 Å². The molecule has 0 saturated carbocycles. The van der Waals surface area contributed by atoms with Gasteiger partial charge in [0.2, 0.25) is 0 Å². The van der Waals surface area contributed by atoms with Crippen molar-refractivity contribution < 1.29 is 19.4 Å². The zero-order chi connectivity index (χ0) is 26.2. The molecule has 0 radical (unpaired) electrons. The van der Waals surface area contributed by atoms with Gasteiger partial charge in [0.1, 0.15) is 11.5 Å². The van der Waals surface area contributed by atoms with Crippen LogP contribution in [0.2, 0.25) is 0 Å². The third kappa shape index (κ3) is 6.19. The summed E-state index contributed by atoms with van der Waals surface area (Å²) in [6.07, 6.45) is -0.0312. The van der Waals surface area contributed by atoms with Gasteiger partial charge < -0.3 is 14.6 Å². The molecule has 0 aliphatic heterocycles. The van der Waals surface area contributed by atoms with Gasteiger partial charge >= 0.3 is 5.97 Å². The zero-order valence-electron chi connectivity index (χ0n) is 21.5. The van der Waals surface area contributed by atoms with Crippen LogP contribution in [0.15, 0.2) is 103 Å². The van der Waals surface area contributed by atoms with Gasteiger partial charge in [-0.05, 0) is 47.4 Å². The summed E-state index contributed by atoms with van der Waals surface area (Å²) in [5, 5.41) is 10.00. The normalized spacial score (nSPS) is 12.6. The summed E-state index contributed by atoms with van der Waals surface area (Å²) in [5.74, 6) is 0.554. The van der Waals surface area contributed by atoms with Crippen molar-refractivity contribution in [3.05, 3.63) is 120 Å². The lowest BCUT2D eigenvalue weighted by Gasteiger charge is -2.37. The van der Waals surface area contributed by atoms with Crippen LogP contribution in [0.5, 0.6) is 11.5 Å². The highest BCUT2D eigenvalue weighted by Crippen LogP contribution is 2.41. The van der Waals surface area contributed by atoms with E-state index in [0.29, 0.717) is 18.0 Å². The van der Waals surface area contributed by atoms with Crippen molar-refractivity contribution in [1.82, 2.24) is 4.90 Å². The summed E-state index contributed by atoms with van der Waals surface area (Å²) in [6, 6.07) is 33.8. The maximum Gasteiger partial charge on any atom is 0.305 e. The van der Waals surface area contributed by atoms with Gasteiger partial charge in [-0.1, -0.05) is 84.9 Å². The Bertz CT molecular complexity index is 1280. The van der Waals surface area contributed by atoms with Gasteiger partial charge in [0.05, 0.1) is 26.2 Å². The lowest BCUT2D eigenvalue weighted by Crippen LogP contribution is -2.32. The van der Waals surface area contributed by atoms with Crippen LogP contribution in [0.25, 0.3) is 11.1 Å². The SMILES string of the molecule is COc1cccc(OC)c1-c1cccc(C(CC(=O)O)N(Cc2ccccc2)[C@H](C)c2ccccc2)c1. The van der Waals surface area contributed by atoms with Gasteiger partial charge in [-0.15, -0.1) is 0 Å². The van der Waals surface area contributed by atoms with Crippen LogP contribution in [-0.2, 0) is 11.3 Å². The highest BCUT2D eigenvalue weighted by atomic mass is 16.5. The number of carbonyl (C=O) groups is 1. The first kappa shape index (κ1) is 26.0. The van der Waals surface area contributed by atoms with Crippen molar-refractivity contribution in [3.8, 4) is 22.6 Å². The molecule has 190 valence electrons. The molecule has 0 spiro atoms. The van der Waals surface area contributed by atoms with Crippen molar-refractivity contribution >= 4 is 5.97 Å². The number of ether oxygens (including phenoxy) is 2.